The first-order chi connectivity index (χ1) is 12.4. The maximum Gasteiger partial charge on any atom is 0.405 e. The van der Waals surface area contributed by atoms with Crippen molar-refractivity contribution in [3.05, 3.63) is 41.4 Å². The van der Waals surface area contributed by atoms with Crippen LogP contribution in [0.1, 0.15) is 10.5 Å². The van der Waals surface area contributed by atoms with E-state index in [0.717, 1.165) is 5.56 Å². The molecule has 1 atom stereocenters. The van der Waals surface area contributed by atoms with Gasteiger partial charge in [0.1, 0.15) is 16.7 Å². The van der Waals surface area contributed by atoms with Gasteiger partial charge in [-0.3, -0.25) is 9.69 Å². The Morgan fingerprint density at radius 2 is 1.96 bits per heavy atom. The molecular formula is C17H19F3N4OS. The van der Waals surface area contributed by atoms with Gasteiger partial charge in [-0.1, -0.05) is 30.3 Å². The fourth-order valence-corrected chi connectivity index (χ4v) is 3.62. The summed E-state index contributed by atoms with van der Waals surface area (Å²) in [5, 5.41) is 7.63. The Morgan fingerprint density at radius 3 is 2.62 bits per heavy atom. The third kappa shape index (κ3) is 4.60. The largest absolute Gasteiger partial charge is 0.405 e. The zero-order valence-electron chi connectivity index (χ0n) is 13.9. The monoisotopic (exact) mass is 384 g/mol. The zero-order valence-corrected chi connectivity index (χ0v) is 14.7. The summed E-state index contributed by atoms with van der Waals surface area (Å²) in [6.45, 7) is 1.13. The van der Waals surface area contributed by atoms with Crippen LogP contribution in [0.2, 0.25) is 0 Å². The van der Waals surface area contributed by atoms with Crippen LogP contribution in [0, 0.1) is 0 Å². The van der Waals surface area contributed by atoms with Crippen LogP contribution in [-0.4, -0.2) is 60.7 Å². The second kappa shape index (κ2) is 8.15. The molecule has 2 heterocycles. The van der Waals surface area contributed by atoms with Gasteiger partial charge in [0.15, 0.2) is 0 Å². The van der Waals surface area contributed by atoms with Gasteiger partial charge in [0.25, 0.3) is 5.91 Å². The molecule has 26 heavy (non-hydrogen) atoms. The highest BCUT2D eigenvalue weighted by Crippen LogP contribution is 2.25. The number of carbonyl (C=O) groups excluding carboxylic acids is 1. The highest BCUT2D eigenvalue weighted by Gasteiger charge is 2.43. The fraction of sp³-hybridized carbons (Fsp3) is 0.412. The fourth-order valence-electron chi connectivity index (χ4n) is 2.82. The van der Waals surface area contributed by atoms with Crippen molar-refractivity contribution in [1.82, 2.24) is 20.5 Å². The number of carbonyl (C=O) groups is 1. The molecule has 1 aliphatic rings. The lowest BCUT2D eigenvalue weighted by Gasteiger charge is -2.35. The molecule has 0 spiro atoms. The topological polar surface area (TPSA) is 57.3 Å². The van der Waals surface area contributed by atoms with E-state index in [4.69, 9.17) is 0 Å². The van der Waals surface area contributed by atoms with E-state index in [1.165, 1.54) is 16.2 Å². The molecule has 1 unspecified atom stereocenters. The van der Waals surface area contributed by atoms with Crippen LogP contribution in [0.25, 0.3) is 10.6 Å². The van der Waals surface area contributed by atoms with Crippen LogP contribution < -0.4 is 10.6 Å². The third-order valence-electron chi connectivity index (χ3n) is 4.18. The Bertz CT molecular complexity index is 729. The first kappa shape index (κ1) is 18.8. The number of hydrogen-bond donors (Lipinski definition) is 2. The average Bonchev–Trinajstić information content (AvgIpc) is 3.12. The van der Waals surface area contributed by atoms with E-state index < -0.39 is 24.7 Å². The molecule has 0 radical (unpaired) electrons. The summed E-state index contributed by atoms with van der Waals surface area (Å²) in [4.78, 5) is 17.8. The maximum atomic E-state index is 13.4. The van der Waals surface area contributed by atoms with Crippen LogP contribution in [0.4, 0.5) is 13.2 Å². The number of nitrogens with one attached hydrogen (secondary N) is 2. The first-order valence-corrected chi connectivity index (χ1v) is 9.14. The van der Waals surface area contributed by atoms with E-state index in [1.54, 1.807) is 5.38 Å². The number of piperazine rings is 1. The summed E-state index contributed by atoms with van der Waals surface area (Å²) in [5.74, 6) is -0.590. The molecule has 1 aromatic heterocycles. The number of halogens is 3. The predicted molar refractivity (Wildman–Crippen MR) is 94.2 cm³/mol. The number of hydrogen-bond acceptors (Lipinski definition) is 5. The van der Waals surface area contributed by atoms with Crippen molar-refractivity contribution in [3.63, 3.8) is 0 Å². The lowest BCUT2D eigenvalue weighted by Crippen LogP contribution is -2.57. The van der Waals surface area contributed by atoms with Gasteiger partial charge in [0.2, 0.25) is 0 Å². The van der Waals surface area contributed by atoms with Gasteiger partial charge in [-0.25, -0.2) is 4.98 Å². The predicted octanol–water partition coefficient (Wildman–Crippen LogP) is 2.38. The van der Waals surface area contributed by atoms with Crippen molar-refractivity contribution >= 4 is 17.2 Å². The Hall–Kier alpha value is -1.97. The smallest absolute Gasteiger partial charge is 0.349 e. The van der Waals surface area contributed by atoms with Gasteiger partial charge in [0, 0.05) is 43.7 Å². The Balaban J connectivity index is 1.64. The Labute approximate surface area is 153 Å². The van der Waals surface area contributed by atoms with Gasteiger partial charge in [-0.15, -0.1) is 11.3 Å². The molecule has 0 saturated carbocycles. The van der Waals surface area contributed by atoms with Crippen LogP contribution in [0.3, 0.4) is 0 Å². The van der Waals surface area contributed by atoms with Gasteiger partial charge in [-0.05, 0) is 0 Å². The van der Waals surface area contributed by atoms with E-state index in [9.17, 15) is 18.0 Å². The van der Waals surface area contributed by atoms with Crippen molar-refractivity contribution in [2.75, 3.05) is 32.7 Å². The number of nitrogens with zero attached hydrogens (tertiary/aromatic N) is 2. The van der Waals surface area contributed by atoms with Gasteiger partial charge in [-0.2, -0.15) is 13.2 Å². The van der Waals surface area contributed by atoms with Crippen molar-refractivity contribution in [3.8, 4) is 10.6 Å². The summed E-state index contributed by atoms with van der Waals surface area (Å²) in [6.07, 6.45) is -4.40. The molecule has 2 aromatic rings. The van der Waals surface area contributed by atoms with E-state index in [2.05, 4.69) is 15.6 Å². The Kier molecular flexibility index (Phi) is 5.90. The average molecular weight is 384 g/mol. The number of amides is 1. The van der Waals surface area contributed by atoms with Crippen LogP contribution in [-0.2, 0) is 0 Å². The standard InChI is InChI=1S/C17H19F3N4OS/c18-17(19,20)14(24-8-6-21-7-9-24)10-22-15(25)13-11-26-16(23-13)12-4-2-1-3-5-12/h1-5,11,14,21H,6-10H2,(H,22,25). The molecule has 1 amide bonds. The molecule has 0 bridgehead atoms. The van der Waals surface area contributed by atoms with Crippen molar-refractivity contribution in [2.24, 2.45) is 0 Å². The van der Waals surface area contributed by atoms with Crippen LogP contribution in [0.5, 0.6) is 0 Å². The highest BCUT2D eigenvalue weighted by molar-refractivity contribution is 7.13. The number of rotatable bonds is 5. The SMILES string of the molecule is O=C(NCC(N1CCNCC1)C(F)(F)F)c1csc(-c2ccccc2)n1. The van der Waals surface area contributed by atoms with Crippen molar-refractivity contribution in [1.29, 1.82) is 0 Å². The number of alkyl halides is 3. The van der Waals surface area contributed by atoms with Crippen molar-refractivity contribution in [2.45, 2.75) is 12.2 Å². The summed E-state index contributed by atoms with van der Waals surface area (Å²) in [5.41, 5.74) is 1.00. The normalized spacial score (nSPS) is 17.0. The number of thiazole rings is 1. The lowest BCUT2D eigenvalue weighted by molar-refractivity contribution is -0.183. The first-order valence-electron chi connectivity index (χ1n) is 8.26. The van der Waals surface area contributed by atoms with Crippen molar-refractivity contribution < 1.29 is 18.0 Å². The minimum Gasteiger partial charge on any atom is -0.349 e. The van der Waals surface area contributed by atoms with Crippen LogP contribution in [0.15, 0.2) is 35.7 Å². The summed E-state index contributed by atoms with van der Waals surface area (Å²) in [7, 11) is 0. The molecule has 1 fully saturated rings. The minimum absolute atomic E-state index is 0.134. The molecule has 140 valence electrons. The second-order valence-corrected chi connectivity index (χ2v) is 6.82. The molecule has 2 N–H and O–H groups in total. The lowest BCUT2D eigenvalue weighted by atomic mass is 10.2. The third-order valence-corrected chi connectivity index (χ3v) is 5.08. The number of aromatic nitrogens is 1. The molecule has 3 rings (SSSR count). The second-order valence-electron chi connectivity index (χ2n) is 5.96. The summed E-state index contributed by atoms with van der Waals surface area (Å²) in [6, 6.07) is 7.63. The molecule has 9 heteroatoms. The minimum atomic E-state index is -4.40. The zero-order chi connectivity index (χ0) is 18.6. The number of benzene rings is 1. The van der Waals surface area contributed by atoms with Gasteiger partial charge < -0.3 is 10.6 Å². The molecule has 0 aliphatic carbocycles. The molecule has 1 saturated heterocycles. The Morgan fingerprint density at radius 1 is 1.27 bits per heavy atom. The maximum absolute atomic E-state index is 13.4. The molecule has 1 aromatic carbocycles. The van der Waals surface area contributed by atoms with Gasteiger partial charge >= 0.3 is 6.18 Å². The molecule has 5 nitrogen and oxygen atoms in total. The van der Waals surface area contributed by atoms with Crippen LogP contribution >= 0.6 is 11.3 Å². The summed E-state index contributed by atoms with van der Waals surface area (Å²) < 4.78 is 40.1. The van der Waals surface area contributed by atoms with E-state index in [0.29, 0.717) is 31.2 Å². The highest BCUT2D eigenvalue weighted by atomic mass is 32.1. The van der Waals surface area contributed by atoms with E-state index >= 15 is 0 Å². The quantitative estimate of drug-likeness (QED) is 0.831. The van der Waals surface area contributed by atoms with Gasteiger partial charge in [0.05, 0.1) is 0 Å². The van der Waals surface area contributed by atoms with E-state index in [1.807, 2.05) is 30.3 Å². The van der Waals surface area contributed by atoms with E-state index in [-0.39, 0.29) is 5.69 Å². The molecule has 1 aliphatic heterocycles. The molecular weight excluding hydrogens is 365 g/mol. The summed E-state index contributed by atoms with van der Waals surface area (Å²) >= 11 is 1.29.